The molecule has 0 fully saturated rings. The lowest BCUT2D eigenvalue weighted by molar-refractivity contribution is 0.0913. The lowest BCUT2D eigenvalue weighted by atomic mass is 10.1. The standard InChI is InChI=1S/C13H14N4O3/c1-2-20-13(19)17-16-12(18)10-8-14-15-11(10)9-6-4-3-5-7-9/h3-8H,2H2,1H3,(H,14,15)(H,16,18)(H,17,19). The second-order valence-corrected chi connectivity index (χ2v) is 3.82. The highest BCUT2D eigenvalue weighted by Gasteiger charge is 2.15. The second-order valence-electron chi connectivity index (χ2n) is 3.82. The summed E-state index contributed by atoms with van der Waals surface area (Å²) in [4.78, 5) is 23.1. The van der Waals surface area contributed by atoms with Crippen LogP contribution in [0.25, 0.3) is 11.3 Å². The highest BCUT2D eigenvalue weighted by molar-refractivity contribution is 6.00. The molecule has 0 aliphatic carbocycles. The third-order valence-electron chi connectivity index (χ3n) is 2.50. The Hall–Kier alpha value is -2.83. The number of ether oxygens (including phenoxy) is 1. The van der Waals surface area contributed by atoms with E-state index in [4.69, 9.17) is 0 Å². The molecule has 2 amide bonds. The highest BCUT2D eigenvalue weighted by Crippen LogP contribution is 2.20. The molecule has 0 saturated heterocycles. The van der Waals surface area contributed by atoms with Crippen molar-refractivity contribution in [3.05, 3.63) is 42.1 Å². The van der Waals surface area contributed by atoms with Crippen LogP contribution in [0.5, 0.6) is 0 Å². The maximum absolute atomic E-state index is 12.0. The van der Waals surface area contributed by atoms with Gasteiger partial charge in [-0.3, -0.25) is 15.3 Å². The maximum Gasteiger partial charge on any atom is 0.426 e. The number of hydrogen-bond donors (Lipinski definition) is 3. The monoisotopic (exact) mass is 274 g/mol. The van der Waals surface area contributed by atoms with E-state index in [0.29, 0.717) is 11.3 Å². The molecule has 20 heavy (non-hydrogen) atoms. The minimum atomic E-state index is -0.717. The molecule has 3 N–H and O–H groups in total. The number of carbonyl (C=O) groups is 2. The number of aromatic amines is 1. The summed E-state index contributed by atoms with van der Waals surface area (Å²) in [6.45, 7) is 1.90. The fraction of sp³-hybridized carbons (Fsp3) is 0.154. The molecule has 0 radical (unpaired) electrons. The highest BCUT2D eigenvalue weighted by atomic mass is 16.5. The number of amides is 2. The van der Waals surface area contributed by atoms with Crippen LogP contribution in [0.2, 0.25) is 0 Å². The van der Waals surface area contributed by atoms with E-state index in [-0.39, 0.29) is 6.61 Å². The van der Waals surface area contributed by atoms with E-state index < -0.39 is 12.0 Å². The Morgan fingerprint density at radius 1 is 1.25 bits per heavy atom. The molecule has 0 unspecified atom stereocenters. The molecule has 7 heteroatoms. The minimum absolute atomic E-state index is 0.225. The molecule has 0 aliphatic heterocycles. The lowest BCUT2D eigenvalue weighted by Gasteiger charge is -2.07. The molecule has 1 aromatic heterocycles. The van der Waals surface area contributed by atoms with Gasteiger partial charge < -0.3 is 4.74 Å². The van der Waals surface area contributed by atoms with E-state index in [1.54, 1.807) is 6.92 Å². The molecule has 1 aromatic carbocycles. The lowest BCUT2D eigenvalue weighted by Crippen LogP contribution is -2.42. The third-order valence-corrected chi connectivity index (χ3v) is 2.50. The van der Waals surface area contributed by atoms with Gasteiger partial charge in [0, 0.05) is 5.56 Å². The third kappa shape index (κ3) is 3.14. The normalized spacial score (nSPS) is 9.85. The Morgan fingerprint density at radius 3 is 2.70 bits per heavy atom. The van der Waals surface area contributed by atoms with Crippen LogP contribution < -0.4 is 10.9 Å². The number of H-pyrrole nitrogens is 1. The number of nitrogens with zero attached hydrogens (tertiary/aromatic N) is 1. The predicted octanol–water partition coefficient (Wildman–Crippen LogP) is 1.47. The van der Waals surface area contributed by atoms with E-state index in [9.17, 15) is 9.59 Å². The van der Waals surface area contributed by atoms with Crippen molar-refractivity contribution in [2.75, 3.05) is 6.61 Å². The molecule has 0 aliphatic rings. The number of aromatic nitrogens is 2. The van der Waals surface area contributed by atoms with Crippen molar-refractivity contribution in [1.29, 1.82) is 0 Å². The zero-order chi connectivity index (χ0) is 14.4. The molecule has 7 nitrogen and oxygen atoms in total. The van der Waals surface area contributed by atoms with Crippen molar-refractivity contribution < 1.29 is 14.3 Å². The van der Waals surface area contributed by atoms with Crippen LogP contribution in [-0.2, 0) is 4.74 Å². The summed E-state index contributed by atoms with van der Waals surface area (Å²) < 4.78 is 4.64. The topological polar surface area (TPSA) is 96.1 Å². The Morgan fingerprint density at radius 2 is 2.00 bits per heavy atom. The first-order valence-corrected chi connectivity index (χ1v) is 6.04. The Kier molecular flexibility index (Phi) is 4.33. The van der Waals surface area contributed by atoms with Gasteiger partial charge in [-0.15, -0.1) is 0 Å². The zero-order valence-corrected chi connectivity index (χ0v) is 10.8. The fourth-order valence-electron chi connectivity index (χ4n) is 1.63. The summed E-state index contributed by atoms with van der Waals surface area (Å²) in [5.74, 6) is -0.481. The first-order chi connectivity index (χ1) is 9.72. The van der Waals surface area contributed by atoms with Gasteiger partial charge in [0.05, 0.1) is 24.1 Å². The van der Waals surface area contributed by atoms with Crippen molar-refractivity contribution in [2.45, 2.75) is 6.92 Å². The van der Waals surface area contributed by atoms with Crippen molar-refractivity contribution >= 4 is 12.0 Å². The first-order valence-electron chi connectivity index (χ1n) is 6.04. The quantitative estimate of drug-likeness (QED) is 0.738. The van der Waals surface area contributed by atoms with Gasteiger partial charge in [-0.1, -0.05) is 30.3 Å². The second kappa shape index (κ2) is 6.37. The summed E-state index contributed by atoms with van der Waals surface area (Å²) in [5, 5.41) is 6.61. The number of hydrazine groups is 1. The van der Waals surface area contributed by atoms with Gasteiger partial charge in [0.25, 0.3) is 5.91 Å². The largest absolute Gasteiger partial charge is 0.449 e. The molecule has 0 spiro atoms. The van der Waals surface area contributed by atoms with Gasteiger partial charge in [-0.05, 0) is 6.92 Å². The van der Waals surface area contributed by atoms with Gasteiger partial charge in [0.2, 0.25) is 0 Å². The van der Waals surface area contributed by atoms with E-state index in [2.05, 4.69) is 25.8 Å². The molecule has 0 bridgehead atoms. The average molecular weight is 274 g/mol. The van der Waals surface area contributed by atoms with Crippen LogP contribution in [0.4, 0.5) is 4.79 Å². The summed E-state index contributed by atoms with van der Waals surface area (Å²) in [5.41, 5.74) is 6.13. The van der Waals surface area contributed by atoms with Crippen LogP contribution in [0.15, 0.2) is 36.5 Å². The summed E-state index contributed by atoms with van der Waals surface area (Å²) >= 11 is 0. The van der Waals surface area contributed by atoms with E-state index in [1.807, 2.05) is 30.3 Å². The number of rotatable bonds is 3. The predicted molar refractivity (Wildman–Crippen MR) is 71.6 cm³/mol. The fourth-order valence-corrected chi connectivity index (χ4v) is 1.63. The van der Waals surface area contributed by atoms with Crippen LogP contribution in [-0.4, -0.2) is 28.8 Å². The summed E-state index contributed by atoms with van der Waals surface area (Å²) in [7, 11) is 0. The van der Waals surface area contributed by atoms with E-state index in [0.717, 1.165) is 5.56 Å². The Labute approximate surface area is 115 Å². The average Bonchev–Trinajstić information content (AvgIpc) is 2.95. The van der Waals surface area contributed by atoms with E-state index >= 15 is 0 Å². The van der Waals surface area contributed by atoms with Crippen molar-refractivity contribution in [3.8, 4) is 11.3 Å². The molecular weight excluding hydrogens is 260 g/mol. The van der Waals surface area contributed by atoms with Gasteiger partial charge in [0.1, 0.15) is 0 Å². The van der Waals surface area contributed by atoms with Gasteiger partial charge >= 0.3 is 6.09 Å². The molecule has 0 saturated carbocycles. The van der Waals surface area contributed by atoms with Gasteiger partial charge in [-0.25, -0.2) is 10.2 Å². The number of nitrogens with one attached hydrogen (secondary N) is 3. The van der Waals surface area contributed by atoms with Crippen LogP contribution >= 0.6 is 0 Å². The van der Waals surface area contributed by atoms with Crippen molar-refractivity contribution in [1.82, 2.24) is 21.0 Å². The Balaban J connectivity index is 2.08. The Bertz CT molecular complexity index is 595. The molecule has 1 heterocycles. The molecule has 2 aromatic rings. The van der Waals surface area contributed by atoms with Crippen LogP contribution in [0.3, 0.4) is 0 Å². The van der Waals surface area contributed by atoms with Gasteiger partial charge in [-0.2, -0.15) is 5.10 Å². The van der Waals surface area contributed by atoms with Gasteiger partial charge in [0.15, 0.2) is 0 Å². The van der Waals surface area contributed by atoms with Crippen molar-refractivity contribution in [3.63, 3.8) is 0 Å². The zero-order valence-electron chi connectivity index (χ0n) is 10.8. The maximum atomic E-state index is 12.0. The summed E-state index contributed by atoms with van der Waals surface area (Å²) in [6, 6.07) is 9.29. The molecular formula is C13H14N4O3. The molecule has 0 atom stereocenters. The van der Waals surface area contributed by atoms with Crippen molar-refractivity contribution in [2.24, 2.45) is 0 Å². The van der Waals surface area contributed by atoms with Crippen LogP contribution in [0, 0.1) is 0 Å². The summed E-state index contributed by atoms with van der Waals surface area (Å²) in [6.07, 6.45) is 0.676. The SMILES string of the molecule is CCOC(=O)NNC(=O)c1cn[nH]c1-c1ccccc1. The first kappa shape index (κ1) is 13.6. The number of carbonyl (C=O) groups excluding carboxylic acids is 2. The van der Waals surface area contributed by atoms with E-state index in [1.165, 1.54) is 6.20 Å². The smallest absolute Gasteiger partial charge is 0.426 e. The van der Waals surface area contributed by atoms with Crippen LogP contribution in [0.1, 0.15) is 17.3 Å². The molecule has 104 valence electrons. The minimum Gasteiger partial charge on any atom is -0.449 e. The number of hydrogen-bond acceptors (Lipinski definition) is 4. The number of benzene rings is 1. The molecule has 2 rings (SSSR count).